The standard InChI is InChI=1S/C22H17FN6O2/c1-27-18-11-24-21(28-12-25-15-7-2-3-8-17(15)28)26-20(18)29(22(27)30)16-9-10-31-19-13(16)5-4-6-14(19)23/h2-8,11-12,16H,9-10H2,1H3/t16-/m1/s1. The van der Waals surface area contributed by atoms with Gasteiger partial charge < -0.3 is 4.74 Å². The van der Waals surface area contributed by atoms with E-state index in [1.165, 1.54) is 10.6 Å². The molecule has 0 amide bonds. The van der Waals surface area contributed by atoms with Crippen molar-refractivity contribution in [2.24, 2.45) is 7.05 Å². The van der Waals surface area contributed by atoms with Crippen LogP contribution in [0, 0.1) is 5.82 Å². The van der Waals surface area contributed by atoms with Crippen LogP contribution in [0.4, 0.5) is 4.39 Å². The molecule has 2 aromatic carbocycles. The van der Waals surface area contributed by atoms with Crippen LogP contribution in [-0.4, -0.2) is 35.3 Å². The Morgan fingerprint density at radius 1 is 1.10 bits per heavy atom. The number of hydrogen-bond acceptors (Lipinski definition) is 5. The second kappa shape index (κ2) is 6.49. The van der Waals surface area contributed by atoms with Crippen molar-refractivity contribution in [3.63, 3.8) is 0 Å². The first kappa shape index (κ1) is 17.8. The molecule has 3 aromatic heterocycles. The van der Waals surface area contributed by atoms with E-state index in [4.69, 9.17) is 9.72 Å². The van der Waals surface area contributed by atoms with Gasteiger partial charge in [0.1, 0.15) is 11.8 Å². The molecule has 0 N–H and O–H groups in total. The van der Waals surface area contributed by atoms with E-state index < -0.39 is 11.9 Å². The summed E-state index contributed by atoms with van der Waals surface area (Å²) in [7, 11) is 1.68. The van der Waals surface area contributed by atoms with Crippen molar-refractivity contribution in [1.29, 1.82) is 0 Å². The van der Waals surface area contributed by atoms with Crippen LogP contribution < -0.4 is 10.4 Å². The number of nitrogens with zero attached hydrogens (tertiary/aromatic N) is 6. The molecule has 0 radical (unpaired) electrons. The van der Waals surface area contributed by atoms with Crippen LogP contribution in [0.1, 0.15) is 18.0 Å². The highest BCUT2D eigenvalue weighted by molar-refractivity contribution is 5.77. The largest absolute Gasteiger partial charge is 0.490 e. The van der Waals surface area contributed by atoms with Crippen LogP contribution in [0.5, 0.6) is 5.75 Å². The first-order valence-corrected chi connectivity index (χ1v) is 9.91. The molecule has 31 heavy (non-hydrogen) atoms. The van der Waals surface area contributed by atoms with Crippen LogP contribution in [0.25, 0.3) is 28.1 Å². The molecule has 5 aromatic rings. The third-order valence-electron chi connectivity index (χ3n) is 5.79. The Balaban J connectivity index is 1.60. The maximum absolute atomic E-state index is 14.3. The van der Waals surface area contributed by atoms with Crippen molar-refractivity contribution in [2.45, 2.75) is 12.5 Å². The Labute approximate surface area is 175 Å². The maximum Gasteiger partial charge on any atom is 0.330 e. The monoisotopic (exact) mass is 416 g/mol. The molecular formula is C22H17FN6O2. The Morgan fingerprint density at radius 2 is 1.97 bits per heavy atom. The highest BCUT2D eigenvalue weighted by atomic mass is 19.1. The molecule has 154 valence electrons. The van der Waals surface area contributed by atoms with E-state index >= 15 is 0 Å². The van der Waals surface area contributed by atoms with Gasteiger partial charge in [0, 0.05) is 19.0 Å². The first-order valence-electron chi connectivity index (χ1n) is 9.91. The molecule has 1 aliphatic heterocycles. The van der Waals surface area contributed by atoms with Crippen LogP contribution in [-0.2, 0) is 7.05 Å². The normalized spacial score (nSPS) is 15.9. The zero-order chi connectivity index (χ0) is 21.1. The van der Waals surface area contributed by atoms with Crippen LogP contribution in [0.2, 0.25) is 0 Å². The van der Waals surface area contributed by atoms with Gasteiger partial charge in [-0.05, 0) is 18.2 Å². The smallest absolute Gasteiger partial charge is 0.330 e. The van der Waals surface area contributed by atoms with Crippen LogP contribution >= 0.6 is 0 Å². The Morgan fingerprint density at radius 3 is 2.87 bits per heavy atom. The second-order valence-corrected chi connectivity index (χ2v) is 7.50. The first-order chi connectivity index (χ1) is 15.1. The third-order valence-corrected chi connectivity index (χ3v) is 5.79. The predicted octanol–water partition coefficient (Wildman–Crippen LogP) is 2.98. The molecule has 0 bridgehead atoms. The van der Waals surface area contributed by atoms with Crippen molar-refractivity contribution in [3.05, 3.63) is 76.9 Å². The summed E-state index contributed by atoms with van der Waals surface area (Å²) in [5.41, 5.74) is 3.17. The van der Waals surface area contributed by atoms with E-state index in [2.05, 4.69) is 9.97 Å². The summed E-state index contributed by atoms with van der Waals surface area (Å²) in [6, 6.07) is 12.1. The number of aromatic nitrogens is 6. The van der Waals surface area contributed by atoms with Gasteiger partial charge in [-0.3, -0.25) is 13.7 Å². The number of ether oxygens (including phenoxy) is 1. The number of imidazole rings is 2. The van der Waals surface area contributed by atoms with E-state index in [0.717, 1.165) is 11.0 Å². The average molecular weight is 416 g/mol. The van der Waals surface area contributed by atoms with E-state index in [1.807, 2.05) is 24.3 Å². The molecule has 6 rings (SSSR count). The number of benzene rings is 2. The molecule has 0 spiro atoms. The lowest BCUT2D eigenvalue weighted by Gasteiger charge is -2.26. The zero-order valence-corrected chi connectivity index (χ0v) is 16.6. The Bertz CT molecular complexity index is 1530. The molecule has 0 saturated carbocycles. The minimum Gasteiger partial charge on any atom is -0.490 e. The van der Waals surface area contributed by atoms with Crippen molar-refractivity contribution in [3.8, 4) is 11.7 Å². The van der Waals surface area contributed by atoms with Gasteiger partial charge in [-0.25, -0.2) is 19.2 Å². The SMILES string of the molecule is Cn1c(=O)n([C@@H]2CCOc3c(F)cccc32)c2nc(-n3cnc4ccccc43)ncc21. The van der Waals surface area contributed by atoms with Gasteiger partial charge in [0.25, 0.3) is 0 Å². The van der Waals surface area contributed by atoms with Crippen molar-refractivity contribution >= 4 is 22.2 Å². The Hall–Kier alpha value is -4.01. The lowest BCUT2D eigenvalue weighted by Crippen LogP contribution is -2.30. The molecule has 9 heteroatoms. The number of hydrogen-bond donors (Lipinski definition) is 0. The minimum atomic E-state index is -0.435. The van der Waals surface area contributed by atoms with E-state index in [1.54, 1.807) is 40.8 Å². The topological polar surface area (TPSA) is 79.8 Å². The summed E-state index contributed by atoms with van der Waals surface area (Å²) in [6.07, 6.45) is 3.83. The van der Waals surface area contributed by atoms with Crippen molar-refractivity contribution < 1.29 is 9.13 Å². The Kier molecular flexibility index (Phi) is 3.73. The molecule has 0 fully saturated rings. The molecule has 8 nitrogen and oxygen atoms in total. The summed E-state index contributed by atoms with van der Waals surface area (Å²) in [5.74, 6) is 0.167. The van der Waals surface area contributed by atoms with Crippen LogP contribution in [0.15, 0.2) is 59.8 Å². The molecule has 0 unspecified atom stereocenters. The van der Waals surface area contributed by atoms with Gasteiger partial charge in [0.05, 0.1) is 29.9 Å². The van der Waals surface area contributed by atoms with Crippen molar-refractivity contribution in [2.75, 3.05) is 6.61 Å². The number of fused-ring (bicyclic) bond motifs is 3. The van der Waals surface area contributed by atoms with Gasteiger partial charge in [0.15, 0.2) is 17.2 Å². The van der Waals surface area contributed by atoms with E-state index in [-0.39, 0.29) is 11.4 Å². The van der Waals surface area contributed by atoms with Gasteiger partial charge in [-0.1, -0.05) is 24.3 Å². The van der Waals surface area contributed by atoms with Gasteiger partial charge in [-0.2, -0.15) is 4.98 Å². The summed E-state index contributed by atoms with van der Waals surface area (Å²) >= 11 is 0. The fourth-order valence-corrected chi connectivity index (χ4v) is 4.28. The summed E-state index contributed by atoms with van der Waals surface area (Å²) in [5, 5.41) is 0. The maximum atomic E-state index is 14.3. The van der Waals surface area contributed by atoms with Crippen molar-refractivity contribution in [1.82, 2.24) is 28.7 Å². The third kappa shape index (κ3) is 2.52. The van der Waals surface area contributed by atoms with E-state index in [0.29, 0.717) is 35.7 Å². The minimum absolute atomic E-state index is 0.192. The summed E-state index contributed by atoms with van der Waals surface area (Å²) in [6.45, 7) is 0.311. The predicted molar refractivity (Wildman–Crippen MR) is 112 cm³/mol. The molecule has 0 aliphatic carbocycles. The van der Waals surface area contributed by atoms with E-state index in [9.17, 15) is 9.18 Å². The molecule has 1 atom stereocenters. The molecule has 4 heterocycles. The number of aryl methyl sites for hydroxylation is 1. The van der Waals surface area contributed by atoms with Gasteiger partial charge in [0.2, 0.25) is 5.95 Å². The van der Waals surface area contributed by atoms with Crippen LogP contribution in [0.3, 0.4) is 0 Å². The number of para-hydroxylation sites is 3. The molecule has 0 saturated heterocycles. The molecule has 1 aliphatic rings. The van der Waals surface area contributed by atoms with Gasteiger partial charge >= 0.3 is 5.69 Å². The van der Waals surface area contributed by atoms with Gasteiger partial charge in [-0.15, -0.1) is 0 Å². The lowest BCUT2D eigenvalue weighted by molar-refractivity contribution is 0.243. The summed E-state index contributed by atoms with van der Waals surface area (Å²) < 4.78 is 24.8. The number of halogens is 1. The lowest BCUT2D eigenvalue weighted by atomic mass is 10.00. The summed E-state index contributed by atoms with van der Waals surface area (Å²) in [4.78, 5) is 26.8. The highest BCUT2D eigenvalue weighted by Gasteiger charge is 2.29. The second-order valence-electron chi connectivity index (χ2n) is 7.50. The highest BCUT2D eigenvalue weighted by Crippen LogP contribution is 2.37. The average Bonchev–Trinajstić information content (AvgIpc) is 3.33. The fourth-order valence-electron chi connectivity index (χ4n) is 4.28. The number of rotatable bonds is 2. The zero-order valence-electron chi connectivity index (χ0n) is 16.6. The fraction of sp³-hybridized carbons (Fsp3) is 0.182. The molecular weight excluding hydrogens is 399 g/mol. The quantitative estimate of drug-likeness (QED) is 0.442.